The molecule has 27 heavy (non-hydrogen) atoms. The van der Waals surface area contributed by atoms with E-state index in [1.807, 2.05) is 19.1 Å². The molecule has 7 heteroatoms. The van der Waals surface area contributed by atoms with Crippen LogP contribution < -0.4 is 5.32 Å². The van der Waals surface area contributed by atoms with Gasteiger partial charge in [0.2, 0.25) is 6.41 Å². The van der Waals surface area contributed by atoms with E-state index in [9.17, 15) is 9.59 Å². The summed E-state index contributed by atoms with van der Waals surface area (Å²) < 4.78 is 0. The van der Waals surface area contributed by atoms with Crippen LogP contribution in [0.5, 0.6) is 0 Å². The fourth-order valence-electron chi connectivity index (χ4n) is 3.21. The molecule has 2 aromatic rings. The Morgan fingerprint density at radius 2 is 1.93 bits per heavy atom. The van der Waals surface area contributed by atoms with Crippen molar-refractivity contribution in [3.63, 3.8) is 0 Å². The number of benzene rings is 1. The predicted molar refractivity (Wildman–Crippen MR) is 104 cm³/mol. The Labute approximate surface area is 159 Å². The molecule has 7 nitrogen and oxygen atoms in total. The standard InChI is InChI=1S/C20H25N5O2/c1-14(2)16-6-4-5-15(3)19(16)23-18-11-17(21-12-22-18)20(27)25-9-7-24(13-26)8-10-25/h4-6,11-14H,7-10H2,1-3H3,(H,21,22,23). The van der Waals surface area contributed by atoms with E-state index in [2.05, 4.69) is 35.2 Å². The van der Waals surface area contributed by atoms with E-state index in [4.69, 9.17) is 0 Å². The van der Waals surface area contributed by atoms with Crippen molar-refractivity contribution >= 4 is 23.8 Å². The van der Waals surface area contributed by atoms with Gasteiger partial charge in [-0.2, -0.15) is 0 Å². The van der Waals surface area contributed by atoms with Gasteiger partial charge in [0.15, 0.2) is 0 Å². The molecule has 0 bridgehead atoms. The molecular formula is C20H25N5O2. The van der Waals surface area contributed by atoms with Crippen LogP contribution in [0, 0.1) is 6.92 Å². The van der Waals surface area contributed by atoms with E-state index in [1.165, 1.54) is 11.9 Å². The van der Waals surface area contributed by atoms with E-state index < -0.39 is 0 Å². The van der Waals surface area contributed by atoms with Crippen molar-refractivity contribution in [1.29, 1.82) is 0 Å². The number of amides is 2. The molecule has 1 aromatic carbocycles. The lowest BCUT2D eigenvalue weighted by Gasteiger charge is -2.32. The first-order chi connectivity index (χ1) is 13.0. The van der Waals surface area contributed by atoms with E-state index in [0.717, 1.165) is 17.7 Å². The maximum absolute atomic E-state index is 12.7. The zero-order chi connectivity index (χ0) is 19.4. The molecule has 2 amide bonds. The number of rotatable bonds is 5. The summed E-state index contributed by atoms with van der Waals surface area (Å²) in [5.41, 5.74) is 3.69. The number of aromatic nitrogens is 2. The van der Waals surface area contributed by atoms with Gasteiger partial charge in [-0.3, -0.25) is 9.59 Å². The van der Waals surface area contributed by atoms with Gasteiger partial charge >= 0.3 is 0 Å². The zero-order valence-electron chi connectivity index (χ0n) is 16.0. The van der Waals surface area contributed by atoms with E-state index in [0.29, 0.717) is 43.6 Å². The van der Waals surface area contributed by atoms with Gasteiger partial charge < -0.3 is 15.1 Å². The van der Waals surface area contributed by atoms with E-state index >= 15 is 0 Å². The average Bonchev–Trinajstić information content (AvgIpc) is 2.69. The Bertz CT molecular complexity index is 829. The second-order valence-corrected chi connectivity index (χ2v) is 7.04. The second-order valence-electron chi connectivity index (χ2n) is 7.04. The smallest absolute Gasteiger partial charge is 0.272 e. The lowest BCUT2D eigenvalue weighted by atomic mass is 9.98. The minimum Gasteiger partial charge on any atom is -0.342 e. The number of nitrogens with zero attached hydrogens (tertiary/aromatic N) is 4. The van der Waals surface area contributed by atoms with Crippen LogP contribution in [-0.4, -0.2) is 58.3 Å². The predicted octanol–water partition coefficient (Wildman–Crippen LogP) is 2.57. The summed E-state index contributed by atoms with van der Waals surface area (Å²) in [6.07, 6.45) is 2.23. The van der Waals surface area contributed by atoms with Gasteiger partial charge in [-0.15, -0.1) is 0 Å². The SMILES string of the molecule is Cc1cccc(C(C)C)c1Nc1cc(C(=O)N2CCN(C=O)CC2)ncn1. The van der Waals surface area contributed by atoms with E-state index in [1.54, 1.807) is 15.9 Å². The highest BCUT2D eigenvalue weighted by Gasteiger charge is 2.22. The van der Waals surface area contributed by atoms with Crippen LogP contribution >= 0.6 is 0 Å². The molecule has 1 saturated heterocycles. The maximum atomic E-state index is 12.7. The van der Waals surface area contributed by atoms with Crippen molar-refractivity contribution in [1.82, 2.24) is 19.8 Å². The van der Waals surface area contributed by atoms with Crippen LogP contribution in [0.4, 0.5) is 11.5 Å². The summed E-state index contributed by atoms with van der Waals surface area (Å²) in [6.45, 7) is 8.47. The zero-order valence-corrected chi connectivity index (χ0v) is 16.0. The molecule has 0 atom stereocenters. The number of carbonyl (C=O) groups excluding carboxylic acids is 2. The number of nitrogens with one attached hydrogen (secondary N) is 1. The second kappa shape index (κ2) is 8.16. The number of hydrogen-bond donors (Lipinski definition) is 1. The van der Waals surface area contributed by atoms with Crippen molar-refractivity contribution < 1.29 is 9.59 Å². The summed E-state index contributed by atoms with van der Waals surface area (Å²) >= 11 is 0. The first-order valence-electron chi connectivity index (χ1n) is 9.16. The van der Waals surface area contributed by atoms with Crippen molar-refractivity contribution in [2.24, 2.45) is 0 Å². The normalized spacial score (nSPS) is 14.4. The first-order valence-corrected chi connectivity index (χ1v) is 9.16. The lowest BCUT2D eigenvalue weighted by Crippen LogP contribution is -2.48. The number of anilines is 2. The van der Waals surface area contributed by atoms with Crippen LogP contribution in [0.15, 0.2) is 30.6 Å². The molecule has 1 aliphatic heterocycles. The minimum absolute atomic E-state index is 0.139. The van der Waals surface area contributed by atoms with Gasteiger partial charge in [-0.1, -0.05) is 32.0 Å². The monoisotopic (exact) mass is 367 g/mol. The molecular weight excluding hydrogens is 342 g/mol. The molecule has 1 aliphatic rings. The summed E-state index contributed by atoms with van der Waals surface area (Å²) in [5, 5.41) is 3.36. The van der Waals surface area contributed by atoms with Gasteiger partial charge in [0.1, 0.15) is 17.8 Å². The van der Waals surface area contributed by atoms with Crippen molar-refractivity contribution in [2.45, 2.75) is 26.7 Å². The van der Waals surface area contributed by atoms with Crippen molar-refractivity contribution in [3.8, 4) is 0 Å². The molecule has 1 N–H and O–H groups in total. The number of piperazine rings is 1. The maximum Gasteiger partial charge on any atom is 0.272 e. The fraction of sp³-hybridized carbons (Fsp3) is 0.400. The van der Waals surface area contributed by atoms with Crippen molar-refractivity contribution in [2.75, 3.05) is 31.5 Å². The Morgan fingerprint density at radius 1 is 1.19 bits per heavy atom. The molecule has 2 heterocycles. The molecule has 0 spiro atoms. The van der Waals surface area contributed by atoms with Gasteiger partial charge in [-0.05, 0) is 24.0 Å². The van der Waals surface area contributed by atoms with Gasteiger partial charge in [0.25, 0.3) is 5.91 Å². The van der Waals surface area contributed by atoms with Crippen LogP contribution in [0.25, 0.3) is 0 Å². The Morgan fingerprint density at radius 3 is 2.59 bits per heavy atom. The number of hydrogen-bond acceptors (Lipinski definition) is 5. The molecule has 3 rings (SSSR count). The molecule has 0 saturated carbocycles. The van der Waals surface area contributed by atoms with Crippen LogP contribution in [0.3, 0.4) is 0 Å². The third-order valence-electron chi connectivity index (χ3n) is 4.82. The quantitative estimate of drug-likeness (QED) is 0.822. The Hall–Kier alpha value is -2.96. The van der Waals surface area contributed by atoms with Crippen LogP contribution in [0.2, 0.25) is 0 Å². The first kappa shape index (κ1) is 18.8. The average molecular weight is 367 g/mol. The third-order valence-corrected chi connectivity index (χ3v) is 4.82. The summed E-state index contributed by atoms with van der Waals surface area (Å²) in [5.74, 6) is 0.820. The molecule has 1 aromatic heterocycles. The van der Waals surface area contributed by atoms with Crippen molar-refractivity contribution in [3.05, 3.63) is 47.4 Å². The van der Waals surface area contributed by atoms with Gasteiger partial charge in [0, 0.05) is 37.9 Å². The topological polar surface area (TPSA) is 78.4 Å². The third kappa shape index (κ3) is 4.24. The highest BCUT2D eigenvalue weighted by Crippen LogP contribution is 2.29. The summed E-state index contributed by atoms with van der Waals surface area (Å²) in [7, 11) is 0. The van der Waals surface area contributed by atoms with Gasteiger partial charge in [-0.25, -0.2) is 9.97 Å². The van der Waals surface area contributed by atoms with Crippen LogP contribution in [-0.2, 0) is 4.79 Å². The number of carbonyl (C=O) groups is 2. The summed E-state index contributed by atoms with van der Waals surface area (Å²) in [4.78, 5) is 35.4. The number of aryl methyl sites for hydroxylation is 1. The highest BCUT2D eigenvalue weighted by molar-refractivity contribution is 5.93. The lowest BCUT2D eigenvalue weighted by molar-refractivity contribution is -0.119. The van der Waals surface area contributed by atoms with Crippen LogP contribution in [0.1, 0.15) is 41.4 Å². The minimum atomic E-state index is -0.139. The largest absolute Gasteiger partial charge is 0.342 e. The van der Waals surface area contributed by atoms with Gasteiger partial charge in [0.05, 0.1) is 0 Å². The molecule has 0 unspecified atom stereocenters. The molecule has 0 radical (unpaired) electrons. The van der Waals surface area contributed by atoms with E-state index in [-0.39, 0.29) is 5.91 Å². The fourth-order valence-corrected chi connectivity index (χ4v) is 3.21. The summed E-state index contributed by atoms with van der Waals surface area (Å²) in [6, 6.07) is 7.88. The molecule has 1 fully saturated rings. The Kier molecular flexibility index (Phi) is 5.69. The Balaban J connectivity index is 1.79. The molecule has 0 aliphatic carbocycles. The highest BCUT2D eigenvalue weighted by atomic mass is 16.2. The molecule has 142 valence electrons. The number of para-hydroxylation sites is 1.